The molecule has 1 saturated heterocycles. The van der Waals surface area contributed by atoms with Crippen molar-refractivity contribution in [1.82, 2.24) is 9.88 Å². The van der Waals surface area contributed by atoms with Crippen molar-refractivity contribution in [2.75, 3.05) is 19.7 Å². The summed E-state index contributed by atoms with van der Waals surface area (Å²) in [4.78, 5) is 24.4. The summed E-state index contributed by atoms with van der Waals surface area (Å²) in [5, 5.41) is 14.2. The fourth-order valence-corrected chi connectivity index (χ4v) is 2.82. The lowest BCUT2D eigenvalue weighted by Crippen LogP contribution is -2.42. The predicted octanol–water partition coefficient (Wildman–Crippen LogP) is 4.18. The highest BCUT2D eigenvalue weighted by molar-refractivity contribution is 5.73. The number of carboxylic acids is 2. The van der Waals surface area contributed by atoms with Gasteiger partial charge in [-0.3, -0.25) is 9.88 Å². The molecule has 0 saturated carbocycles. The molecule has 1 aromatic carbocycles. The molecule has 35 heavy (non-hydrogen) atoms. The Morgan fingerprint density at radius 2 is 1.49 bits per heavy atom. The molecule has 1 unspecified atom stereocenters. The van der Waals surface area contributed by atoms with E-state index in [1.807, 2.05) is 18.5 Å². The van der Waals surface area contributed by atoms with E-state index in [1.54, 1.807) is 0 Å². The van der Waals surface area contributed by atoms with Crippen LogP contribution in [0.25, 0.3) is 0 Å². The molecule has 1 atom stereocenters. The van der Waals surface area contributed by atoms with Crippen LogP contribution in [-0.4, -0.2) is 70.2 Å². The summed E-state index contributed by atoms with van der Waals surface area (Å²) in [6.45, 7) is 3.83. The lowest BCUT2D eigenvalue weighted by atomic mass is 10.1. The minimum atomic E-state index is -5.08. The van der Waals surface area contributed by atoms with E-state index < -0.39 is 24.3 Å². The zero-order valence-corrected chi connectivity index (χ0v) is 18.3. The van der Waals surface area contributed by atoms with E-state index in [0.717, 1.165) is 39.1 Å². The summed E-state index contributed by atoms with van der Waals surface area (Å²) >= 11 is 0. The number of aromatic nitrogens is 1. The smallest absolute Gasteiger partial charge is 0.475 e. The Bertz CT molecular complexity index is 871. The fourth-order valence-electron chi connectivity index (χ4n) is 2.82. The Labute approximate surface area is 197 Å². The molecule has 7 nitrogen and oxygen atoms in total. The van der Waals surface area contributed by atoms with Crippen LogP contribution in [0.3, 0.4) is 0 Å². The van der Waals surface area contributed by atoms with Crippen LogP contribution >= 0.6 is 0 Å². The van der Waals surface area contributed by atoms with Crippen molar-refractivity contribution in [1.29, 1.82) is 0 Å². The standard InChI is InChI=1S/C18H22N2O.2C2HF3O2/c1-2-5-16(6-3-1)8-9-18-15-20(11-12-21-18)14-17-7-4-10-19-13-17;2*3-2(4,5)1(6)7/h1-7,10,13,18H,8-9,11-12,14-15H2;2*(H,6,7). The van der Waals surface area contributed by atoms with Crippen LogP contribution in [0.4, 0.5) is 26.3 Å². The second-order valence-corrected chi connectivity index (χ2v) is 7.22. The lowest BCUT2D eigenvalue weighted by molar-refractivity contribution is -0.193. The van der Waals surface area contributed by atoms with Gasteiger partial charge in [-0.15, -0.1) is 0 Å². The lowest BCUT2D eigenvalue weighted by Gasteiger charge is -2.33. The van der Waals surface area contributed by atoms with E-state index in [-0.39, 0.29) is 0 Å². The van der Waals surface area contributed by atoms with Crippen LogP contribution < -0.4 is 0 Å². The van der Waals surface area contributed by atoms with Crippen molar-refractivity contribution < 1.29 is 50.9 Å². The first-order chi connectivity index (χ1) is 16.3. The Kier molecular flexibility index (Phi) is 12.2. The number of hydrogen-bond donors (Lipinski definition) is 2. The van der Waals surface area contributed by atoms with Gasteiger partial charge in [0.2, 0.25) is 0 Å². The number of alkyl halides is 6. The summed E-state index contributed by atoms with van der Waals surface area (Å²) < 4.78 is 69.4. The highest BCUT2D eigenvalue weighted by Crippen LogP contribution is 2.15. The van der Waals surface area contributed by atoms with E-state index in [0.29, 0.717) is 6.10 Å². The maximum absolute atomic E-state index is 10.6. The topological polar surface area (TPSA) is 100.0 Å². The molecular weight excluding hydrogens is 486 g/mol. The van der Waals surface area contributed by atoms with Gasteiger partial charge in [0, 0.05) is 32.0 Å². The van der Waals surface area contributed by atoms with E-state index in [4.69, 9.17) is 24.5 Å². The minimum Gasteiger partial charge on any atom is -0.475 e. The van der Waals surface area contributed by atoms with Crippen LogP contribution in [-0.2, 0) is 27.3 Å². The average Bonchev–Trinajstić information content (AvgIpc) is 2.79. The van der Waals surface area contributed by atoms with E-state index >= 15 is 0 Å². The van der Waals surface area contributed by atoms with Crippen molar-refractivity contribution in [3.8, 4) is 0 Å². The number of carboxylic acid groups (broad SMARTS) is 2. The first-order valence-corrected chi connectivity index (χ1v) is 10.2. The van der Waals surface area contributed by atoms with Crippen LogP contribution in [0.5, 0.6) is 0 Å². The van der Waals surface area contributed by atoms with Gasteiger partial charge in [-0.05, 0) is 30.0 Å². The van der Waals surface area contributed by atoms with Gasteiger partial charge < -0.3 is 14.9 Å². The van der Waals surface area contributed by atoms with Crippen LogP contribution in [0, 0.1) is 0 Å². The molecule has 2 N–H and O–H groups in total. The molecular formula is C22H24F6N2O5. The highest BCUT2D eigenvalue weighted by Gasteiger charge is 2.38. The fraction of sp³-hybridized carbons (Fsp3) is 0.409. The van der Waals surface area contributed by atoms with Gasteiger partial charge in [0.25, 0.3) is 0 Å². The van der Waals surface area contributed by atoms with E-state index in [2.05, 4.69) is 46.3 Å². The molecule has 0 amide bonds. The zero-order chi connectivity index (χ0) is 26.5. The predicted molar refractivity (Wildman–Crippen MR) is 111 cm³/mol. The molecule has 0 bridgehead atoms. The van der Waals surface area contributed by atoms with E-state index in [1.165, 1.54) is 11.1 Å². The Balaban J connectivity index is 0.000000362. The molecule has 2 aromatic rings. The third-order valence-corrected chi connectivity index (χ3v) is 4.43. The second kappa shape index (κ2) is 14.3. The monoisotopic (exact) mass is 510 g/mol. The van der Waals surface area contributed by atoms with Gasteiger partial charge in [-0.1, -0.05) is 36.4 Å². The van der Waals surface area contributed by atoms with Crippen molar-refractivity contribution >= 4 is 11.9 Å². The molecule has 0 radical (unpaired) electrons. The Morgan fingerprint density at radius 3 is 1.97 bits per heavy atom. The number of morpholine rings is 1. The van der Waals surface area contributed by atoms with Crippen LogP contribution in [0.2, 0.25) is 0 Å². The molecule has 2 heterocycles. The number of aryl methyl sites for hydroxylation is 1. The van der Waals surface area contributed by atoms with Crippen LogP contribution in [0.15, 0.2) is 54.9 Å². The maximum Gasteiger partial charge on any atom is 0.490 e. The zero-order valence-electron chi connectivity index (χ0n) is 18.3. The molecule has 1 aliphatic rings. The molecule has 1 fully saturated rings. The van der Waals surface area contributed by atoms with Crippen LogP contribution in [0.1, 0.15) is 17.5 Å². The SMILES string of the molecule is O=C(O)C(F)(F)F.O=C(O)C(F)(F)F.c1ccc(CCC2CN(Cc3cccnc3)CCO2)cc1. The van der Waals surface area contributed by atoms with Crippen molar-refractivity contribution in [3.05, 3.63) is 66.0 Å². The van der Waals surface area contributed by atoms with Gasteiger partial charge >= 0.3 is 24.3 Å². The molecule has 0 spiro atoms. The number of halogens is 6. The summed E-state index contributed by atoms with van der Waals surface area (Å²) in [6.07, 6.45) is -3.87. The normalized spacial score (nSPS) is 16.2. The first kappa shape index (κ1) is 29.8. The number of aliphatic carboxylic acids is 2. The van der Waals surface area contributed by atoms with Gasteiger partial charge in [0.1, 0.15) is 0 Å². The first-order valence-electron chi connectivity index (χ1n) is 10.2. The Morgan fingerprint density at radius 1 is 0.943 bits per heavy atom. The van der Waals surface area contributed by atoms with E-state index in [9.17, 15) is 26.3 Å². The summed E-state index contributed by atoms with van der Waals surface area (Å²) in [7, 11) is 0. The van der Waals surface area contributed by atoms with Crippen molar-refractivity contribution in [2.24, 2.45) is 0 Å². The second-order valence-electron chi connectivity index (χ2n) is 7.22. The quantitative estimate of drug-likeness (QED) is 0.582. The number of pyridine rings is 1. The summed E-state index contributed by atoms with van der Waals surface area (Å²) in [6, 6.07) is 14.8. The molecule has 13 heteroatoms. The van der Waals surface area contributed by atoms with Gasteiger partial charge in [0.05, 0.1) is 12.7 Å². The molecule has 194 valence electrons. The minimum absolute atomic E-state index is 0.343. The number of nitrogens with zero attached hydrogens (tertiary/aromatic N) is 2. The van der Waals surface area contributed by atoms with Gasteiger partial charge in [-0.25, -0.2) is 9.59 Å². The third kappa shape index (κ3) is 13.3. The number of ether oxygens (including phenoxy) is 1. The molecule has 3 rings (SSSR count). The number of hydrogen-bond acceptors (Lipinski definition) is 5. The molecule has 1 aliphatic heterocycles. The molecule has 1 aromatic heterocycles. The highest BCUT2D eigenvalue weighted by atomic mass is 19.4. The summed E-state index contributed by atoms with van der Waals surface area (Å²) in [5.74, 6) is -5.51. The maximum atomic E-state index is 10.6. The Hall–Kier alpha value is -3.19. The van der Waals surface area contributed by atoms with Gasteiger partial charge in [-0.2, -0.15) is 26.3 Å². The third-order valence-electron chi connectivity index (χ3n) is 4.43. The van der Waals surface area contributed by atoms with Gasteiger partial charge in [0.15, 0.2) is 0 Å². The van der Waals surface area contributed by atoms with Crippen molar-refractivity contribution in [2.45, 2.75) is 37.8 Å². The average molecular weight is 510 g/mol. The molecule has 0 aliphatic carbocycles. The number of carbonyl (C=O) groups is 2. The largest absolute Gasteiger partial charge is 0.490 e. The summed E-state index contributed by atoms with van der Waals surface area (Å²) in [5.41, 5.74) is 2.67. The number of rotatable bonds is 5. The number of benzene rings is 1. The van der Waals surface area contributed by atoms with Crippen molar-refractivity contribution in [3.63, 3.8) is 0 Å².